The molecule has 0 amide bonds. The van der Waals surface area contributed by atoms with E-state index in [1.165, 1.54) is 51.4 Å². The van der Waals surface area contributed by atoms with Gasteiger partial charge in [0.1, 0.15) is 6.10 Å². The Kier molecular flexibility index (Phi) is 18.1. The predicted octanol–water partition coefficient (Wildman–Crippen LogP) is 5.74. The number of carbonyl (C=O) groups excluding carboxylic acids is 2. The first-order chi connectivity index (χ1) is 16.9. The van der Waals surface area contributed by atoms with E-state index in [1.54, 1.807) is 0 Å². The van der Waals surface area contributed by atoms with Gasteiger partial charge < -0.3 is 24.1 Å². The molecule has 1 fully saturated rings. The number of hydrogen-bond donors (Lipinski definition) is 1. The Labute approximate surface area is 247 Å². The van der Waals surface area contributed by atoms with Crippen molar-refractivity contribution >= 4 is 49.7 Å². The third-order valence-corrected chi connectivity index (χ3v) is 6.40. The van der Waals surface area contributed by atoms with Crippen LogP contribution < -0.4 is 0 Å². The van der Waals surface area contributed by atoms with Crippen molar-refractivity contribution < 1.29 is 33.6 Å². The molecule has 0 aliphatic carbocycles. The van der Waals surface area contributed by atoms with Gasteiger partial charge in [0.15, 0.2) is 12.4 Å². The molecule has 1 N–H and O–H groups in total. The van der Waals surface area contributed by atoms with E-state index in [0.29, 0.717) is 6.42 Å². The molecule has 2 heterocycles. The number of allylic oxidation sites excluding steroid dienone is 2. The van der Waals surface area contributed by atoms with E-state index >= 15 is 0 Å². The molecule has 2 aliphatic rings. The van der Waals surface area contributed by atoms with Crippen LogP contribution in [0.4, 0.5) is 0 Å². The summed E-state index contributed by atoms with van der Waals surface area (Å²) < 4.78 is 21.8. The van der Waals surface area contributed by atoms with Gasteiger partial charge in [0.05, 0.1) is 6.61 Å². The number of rotatable bonds is 18. The van der Waals surface area contributed by atoms with Crippen LogP contribution in [0, 0.1) is 5.92 Å². The third-order valence-electron chi connectivity index (χ3n) is 6.40. The molecular weight excluding hydrogens is 488 g/mol. The first-order valence-electron chi connectivity index (χ1n) is 13.7. The van der Waals surface area contributed by atoms with Crippen molar-refractivity contribution in [2.75, 3.05) is 6.61 Å². The van der Waals surface area contributed by atoms with Crippen LogP contribution in [0.2, 0.25) is 0 Å². The Hall–Kier alpha value is -0.600. The van der Waals surface area contributed by atoms with Crippen LogP contribution in [0.5, 0.6) is 0 Å². The molecule has 0 radical (unpaired) electrons. The van der Waals surface area contributed by atoms with E-state index in [4.69, 9.17) is 18.9 Å². The summed E-state index contributed by atoms with van der Waals surface area (Å²) in [7, 11) is 0. The topological polar surface area (TPSA) is 91.3 Å². The van der Waals surface area contributed by atoms with Gasteiger partial charge in [-0.25, -0.2) is 4.79 Å². The van der Waals surface area contributed by atoms with E-state index in [-0.39, 0.29) is 62.4 Å². The van der Waals surface area contributed by atoms with Gasteiger partial charge in [-0.15, -0.1) is 0 Å². The SMILES string of the molecule is CCCCCCCC/C=C\CCCCCCCC(=O)OC1=C(O)C(=O)OC1C1COC(C(C)C)O1.[CaH2]. The molecular formula is C28H48CaO7. The zero-order chi connectivity index (χ0) is 25.5. The van der Waals surface area contributed by atoms with Crippen molar-refractivity contribution in [3.63, 3.8) is 0 Å². The maximum atomic E-state index is 12.3. The van der Waals surface area contributed by atoms with E-state index in [2.05, 4.69) is 19.1 Å². The molecule has 3 atom stereocenters. The van der Waals surface area contributed by atoms with Crippen molar-refractivity contribution in [1.29, 1.82) is 0 Å². The Morgan fingerprint density at radius 2 is 1.58 bits per heavy atom. The summed E-state index contributed by atoms with van der Waals surface area (Å²) in [5.41, 5.74) is 0. The number of esters is 2. The molecule has 2 rings (SSSR count). The number of cyclic esters (lactones) is 1. The third kappa shape index (κ3) is 12.3. The van der Waals surface area contributed by atoms with Gasteiger partial charge in [0.2, 0.25) is 11.5 Å². The monoisotopic (exact) mass is 536 g/mol. The van der Waals surface area contributed by atoms with Crippen LogP contribution >= 0.6 is 0 Å². The molecule has 0 saturated carbocycles. The van der Waals surface area contributed by atoms with E-state index in [9.17, 15) is 14.7 Å². The van der Waals surface area contributed by atoms with Gasteiger partial charge in [0.25, 0.3) is 0 Å². The molecule has 0 aromatic heterocycles. The van der Waals surface area contributed by atoms with Crippen LogP contribution in [0.3, 0.4) is 0 Å². The molecule has 36 heavy (non-hydrogen) atoms. The number of carbonyl (C=O) groups is 2. The summed E-state index contributed by atoms with van der Waals surface area (Å²) in [6.45, 7) is 6.35. The molecule has 204 valence electrons. The molecule has 8 heteroatoms. The Bertz CT molecular complexity index is 704. The van der Waals surface area contributed by atoms with E-state index in [1.807, 2.05) is 13.8 Å². The molecule has 0 spiro atoms. The number of aliphatic hydroxyl groups excluding tert-OH is 1. The second-order valence-corrected chi connectivity index (χ2v) is 9.97. The zero-order valence-electron chi connectivity index (χ0n) is 22.0. The molecule has 2 aliphatic heterocycles. The van der Waals surface area contributed by atoms with Gasteiger partial charge in [-0.05, 0) is 32.1 Å². The Morgan fingerprint density at radius 1 is 1.00 bits per heavy atom. The molecule has 7 nitrogen and oxygen atoms in total. The fraction of sp³-hybridized carbons (Fsp3) is 0.786. The van der Waals surface area contributed by atoms with Crippen molar-refractivity contribution in [3.8, 4) is 0 Å². The van der Waals surface area contributed by atoms with Crippen molar-refractivity contribution in [3.05, 3.63) is 23.7 Å². The average molecular weight is 537 g/mol. The number of ether oxygens (including phenoxy) is 4. The summed E-state index contributed by atoms with van der Waals surface area (Å²) in [4.78, 5) is 24.1. The molecule has 0 bridgehead atoms. The fourth-order valence-corrected chi connectivity index (χ4v) is 4.27. The normalized spacial score (nSPS) is 21.9. The summed E-state index contributed by atoms with van der Waals surface area (Å²) in [5.74, 6) is -2.08. The minimum atomic E-state index is -0.968. The summed E-state index contributed by atoms with van der Waals surface area (Å²) in [6.07, 6.45) is 18.2. The predicted molar refractivity (Wildman–Crippen MR) is 143 cm³/mol. The second kappa shape index (κ2) is 19.5. The van der Waals surface area contributed by atoms with Crippen LogP contribution in [0.15, 0.2) is 23.7 Å². The standard InChI is InChI=1S/C28H46O7.Ca.2H/c1-4-5-6-7-8-9-10-11-12-13-14-15-16-17-18-19-23(29)34-26-24(30)27(31)35-25(26)22-20-32-28(33-22)21(2)3;;;/h11-12,21-22,25,28,30H,4-10,13-20H2,1-3H3;;;/b12-11-;;;. The van der Waals surface area contributed by atoms with Crippen molar-refractivity contribution in [2.45, 2.75) is 129 Å². The number of aliphatic hydroxyl groups is 1. The van der Waals surface area contributed by atoms with Gasteiger partial charge >= 0.3 is 49.7 Å². The quantitative estimate of drug-likeness (QED) is 0.103. The first-order valence-corrected chi connectivity index (χ1v) is 13.7. The molecule has 3 unspecified atom stereocenters. The van der Waals surface area contributed by atoms with Crippen LogP contribution in [-0.2, 0) is 28.5 Å². The van der Waals surface area contributed by atoms with Crippen LogP contribution in [0.1, 0.15) is 111 Å². The van der Waals surface area contributed by atoms with Gasteiger partial charge in [0, 0.05) is 12.3 Å². The summed E-state index contributed by atoms with van der Waals surface area (Å²) in [5, 5.41) is 10.0. The van der Waals surface area contributed by atoms with Crippen LogP contribution in [-0.4, -0.2) is 79.9 Å². The fourth-order valence-electron chi connectivity index (χ4n) is 4.27. The zero-order valence-corrected chi connectivity index (χ0v) is 22.0. The average Bonchev–Trinajstić information content (AvgIpc) is 3.43. The number of unbranched alkanes of at least 4 members (excludes halogenated alkanes) is 11. The van der Waals surface area contributed by atoms with E-state index < -0.39 is 36.2 Å². The van der Waals surface area contributed by atoms with Gasteiger partial charge in [-0.2, -0.15) is 0 Å². The van der Waals surface area contributed by atoms with E-state index in [0.717, 1.165) is 25.7 Å². The number of hydrogen-bond acceptors (Lipinski definition) is 7. The van der Waals surface area contributed by atoms with Gasteiger partial charge in [-0.3, -0.25) is 4.79 Å². The maximum absolute atomic E-state index is 12.3. The van der Waals surface area contributed by atoms with Crippen molar-refractivity contribution in [2.24, 2.45) is 5.92 Å². The molecule has 0 aromatic carbocycles. The second-order valence-electron chi connectivity index (χ2n) is 9.97. The van der Waals surface area contributed by atoms with Crippen LogP contribution in [0.25, 0.3) is 0 Å². The molecule has 0 aromatic rings. The molecule has 1 saturated heterocycles. The first kappa shape index (κ1) is 33.4. The Balaban J connectivity index is 0.00000648. The summed E-state index contributed by atoms with van der Waals surface area (Å²) >= 11 is 0. The Morgan fingerprint density at radius 3 is 2.17 bits per heavy atom. The minimum absolute atomic E-state index is 0. The van der Waals surface area contributed by atoms with Crippen molar-refractivity contribution in [1.82, 2.24) is 0 Å². The summed E-state index contributed by atoms with van der Waals surface area (Å²) in [6, 6.07) is 0. The van der Waals surface area contributed by atoms with Gasteiger partial charge in [-0.1, -0.05) is 84.3 Å².